The van der Waals surface area contributed by atoms with Crippen molar-refractivity contribution < 1.29 is 23.0 Å². The number of rotatable bonds is 6. The molecule has 0 atom stereocenters. The SMILES string of the molecule is COc1cc(C(=O)N2CCN(Cc3ccccc3)CC2)ccc1OC(F)F. The average molecular weight is 376 g/mol. The van der Waals surface area contributed by atoms with E-state index in [0.717, 1.165) is 19.6 Å². The van der Waals surface area contributed by atoms with Gasteiger partial charge in [-0.25, -0.2) is 0 Å². The van der Waals surface area contributed by atoms with Crippen LogP contribution in [0.1, 0.15) is 15.9 Å². The van der Waals surface area contributed by atoms with Gasteiger partial charge in [0.05, 0.1) is 7.11 Å². The largest absolute Gasteiger partial charge is 0.493 e. The van der Waals surface area contributed by atoms with E-state index in [0.29, 0.717) is 18.7 Å². The zero-order valence-corrected chi connectivity index (χ0v) is 15.1. The first kappa shape index (κ1) is 19.1. The lowest BCUT2D eigenvalue weighted by Gasteiger charge is -2.34. The molecule has 2 aromatic carbocycles. The molecule has 0 unspecified atom stereocenters. The van der Waals surface area contributed by atoms with Crippen molar-refractivity contribution in [3.63, 3.8) is 0 Å². The number of piperazine rings is 1. The summed E-state index contributed by atoms with van der Waals surface area (Å²) in [5.41, 5.74) is 1.64. The number of amides is 1. The lowest BCUT2D eigenvalue weighted by molar-refractivity contribution is -0.0512. The van der Waals surface area contributed by atoms with Crippen molar-refractivity contribution in [1.82, 2.24) is 9.80 Å². The van der Waals surface area contributed by atoms with E-state index in [1.165, 1.54) is 30.9 Å². The molecule has 0 spiro atoms. The molecular weight excluding hydrogens is 354 g/mol. The number of carbonyl (C=O) groups excluding carboxylic acids is 1. The Morgan fingerprint density at radius 1 is 1.04 bits per heavy atom. The van der Waals surface area contributed by atoms with Crippen molar-refractivity contribution in [2.75, 3.05) is 33.3 Å². The van der Waals surface area contributed by atoms with E-state index in [4.69, 9.17) is 4.74 Å². The monoisotopic (exact) mass is 376 g/mol. The van der Waals surface area contributed by atoms with Crippen molar-refractivity contribution in [3.8, 4) is 11.5 Å². The second-order valence-electron chi connectivity index (χ2n) is 6.30. The highest BCUT2D eigenvalue weighted by molar-refractivity contribution is 5.95. The smallest absolute Gasteiger partial charge is 0.387 e. The summed E-state index contributed by atoms with van der Waals surface area (Å²) < 4.78 is 34.3. The van der Waals surface area contributed by atoms with Crippen LogP contribution < -0.4 is 9.47 Å². The van der Waals surface area contributed by atoms with Crippen molar-refractivity contribution in [2.45, 2.75) is 13.2 Å². The van der Waals surface area contributed by atoms with Crippen LogP contribution in [-0.4, -0.2) is 55.6 Å². The van der Waals surface area contributed by atoms with Gasteiger partial charge < -0.3 is 14.4 Å². The maximum Gasteiger partial charge on any atom is 0.387 e. The Morgan fingerprint density at radius 2 is 1.74 bits per heavy atom. The molecule has 144 valence electrons. The summed E-state index contributed by atoms with van der Waals surface area (Å²) in [4.78, 5) is 16.8. The Kier molecular flexibility index (Phi) is 6.24. The molecule has 5 nitrogen and oxygen atoms in total. The van der Waals surface area contributed by atoms with Gasteiger partial charge in [0.15, 0.2) is 11.5 Å². The second-order valence-corrected chi connectivity index (χ2v) is 6.30. The lowest BCUT2D eigenvalue weighted by Crippen LogP contribution is -2.48. The first-order valence-electron chi connectivity index (χ1n) is 8.75. The van der Waals surface area contributed by atoms with Gasteiger partial charge in [-0.1, -0.05) is 30.3 Å². The topological polar surface area (TPSA) is 42.0 Å². The second kappa shape index (κ2) is 8.81. The van der Waals surface area contributed by atoms with E-state index in [-0.39, 0.29) is 17.4 Å². The normalized spacial score (nSPS) is 15.0. The quantitative estimate of drug-likeness (QED) is 0.776. The minimum atomic E-state index is -2.95. The van der Waals surface area contributed by atoms with Crippen LogP contribution in [0.4, 0.5) is 8.78 Å². The van der Waals surface area contributed by atoms with Gasteiger partial charge in [-0.15, -0.1) is 0 Å². The third kappa shape index (κ3) is 4.95. The van der Waals surface area contributed by atoms with Crippen molar-refractivity contribution in [2.24, 2.45) is 0 Å². The van der Waals surface area contributed by atoms with Gasteiger partial charge in [0.25, 0.3) is 5.91 Å². The van der Waals surface area contributed by atoms with Crippen LogP contribution >= 0.6 is 0 Å². The van der Waals surface area contributed by atoms with Crippen LogP contribution in [0, 0.1) is 0 Å². The van der Waals surface area contributed by atoms with Gasteiger partial charge in [0.1, 0.15) is 0 Å². The maximum absolute atomic E-state index is 12.7. The van der Waals surface area contributed by atoms with Gasteiger partial charge in [-0.3, -0.25) is 9.69 Å². The third-order valence-corrected chi connectivity index (χ3v) is 4.54. The Hall–Kier alpha value is -2.67. The molecular formula is C20H22F2N2O3. The van der Waals surface area contributed by atoms with Crippen LogP contribution in [-0.2, 0) is 6.54 Å². The van der Waals surface area contributed by atoms with Crippen molar-refractivity contribution >= 4 is 5.91 Å². The Bertz CT molecular complexity index is 763. The van der Waals surface area contributed by atoms with Crippen LogP contribution in [0.5, 0.6) is 11.5 Å². The molecule has 3 rings (SSSR count). The van der Waals surface area contributed by atoms with Crippen LogP contribution in [0.2, 0.25) is 0 Å². The molecule has 0 bridgehead atoms. The number of halogens is 2. The predicted molar refractivity (Wildman–Crippen MR) is 97.2 cm³/mol. The highest BCUT2D eigenvalue weighted by Gasteiger charge is 2.23. The number of ether oxygens (including phenoxy) is 2. The van der Waals surface area contributed by atoms with Crippen molar-refractivity contribution in [1.29, 1.82) is 0 Å². The van der Waals surface area contributed by atoms with E-state index in [2.05, 4.69) is 21.8 Å². The number of nitrogens with zero attached hydrogens (tertiary/aromatic N) is 2. The third-order valence-electron chi connectivity index (χ3n) is 4.54. The van der Waals surface area contributed by atoms with Gasteiger partial charge in [0.2, 0.25) is 0 Å². The van der Waals surface area contributed by atoms with Gasteiger partial charge >= 0.3 is 6.61 Å². The van der Waals surface area contributed by atoms with Gasteiger partial charge in [0, 0.05) is 38.3 Å². The summed E-state index contributed by atoms with van der Waals surface area (Å²) >= 11 is 0. The van der Waals surface area contributed by atoms with Gasteiger partial charge in [-0.2, -0.15) is 8.78 Å². The summed E-state index contributed by atoms with van der Waals surface area (Å²) in [6.07, 6.45) is 0. The zero-order chi connectivity index (χ0) is 19.2. The van der Waals surface area contributed by atoms with E-state index in [1.807, 2.05) is 18.2 Å². The fourth-order valence-corrected chi connectivity index (χ4v) is 3.13. The predicted octanol–water partition coefficient (Wildman–Crippen LogP) is 3.25. The molecule has 2 aromatic rings. The number of carbonyl (C=O) groups is 1. The highest BCUT2D eigenvalue weighted by atomic mass is 19.3. The molecule has 7 heteroatoms. The fraction of sp³-hybridized carbons (Fsp3) is 0.350. The zero-order valence-electron chi connectivity index (χ0n) is 15.1. The Balaban J connectivity index is 1.60. The number of methoxy groups -OCH3 is 1. The van der Waals surface area contributed by atoms with Crippen LogP contribution in [0.25, 0.3) is 0 Å². The Labute approximate surface area is 157 Å². The van der Waals surface area contributed by atoms with Gasteiger partial charge in [-0.05, 0) is 23.8 Å². The summed E-state index contributed by atoms with van der Waals surface area (Å²) in [6.45, 7) is 0.704. The highest BCUT2D eigenvalue weighted by Crippen LogP contribution is 2.30. The first-order valence-corrected chi connectivity index (χ1v) is 8.75. The molecule has 1 aliphatic rings. The molecule has 0 N–H and O–H groups in total. The lowest BCUT2D eigenvalue weighted by atomic mass is 10.1. The molecule has 0 aromatic heterocycles. The van der Waals surface area contributed by atoms with Crippen molar-refractivity contribution in [3.05, 3.63) is 59.7 Å². The first-order chi connectivity index (χ1) is 13.1. The minimum absolute atomic E-state index is 0.0864. The Morgan fingerprint density at radius 3 is 2.37 bits per heavy atom. The molecule has 1 heterocycles. The molecule has 1 fully saturated rings. The number of hydrogen-bond acceptors (Lipinski definition) is 4. The number of benzene rings is 2. The van der Waals surface area contributed by atoms with Crippen LogP contribution in [0.15, 0.2) is 48.5 Å². The summed E-state index contributed by atoms with van der Waals surface area (Å²) in [6, 6.07) is 14.5. The van der Waals surface area contributed by atoms with E-state index < -0.39 is 6.61 Å². The fourth-order valence-electron chi connectivity index (χ4n) is 3.13. The molecule has 1 aliphatic heterocycles. The van der Waals surface area contributed by atoms with Crippen LogP contribution in [0.3, 0.4) is 0 Å². The summed E-state index contributed by atoms with van der Waals surface area (Å²) in [5.74, 6) is -0.114. The number of alkyl halides is 2. The maximum atomic E-state index is 12.7. The molecule has 0 saturated carbocycles. The average Bonchev–Trinajstić information content (AvgIpc) is 2.69. The minimum Gasteiger partial charge on any atom is -0.493 e. The summed E-state index contributed by atoms with van der Waals surface area (Å²) in [5, 5.41) is 0. The molecule has 0 aliphatic carbocycles. The summed E-state index contributed by atoms with van der Waals surface area (Å²) in [7, 11) is 1.35. The molecule has 1 amide bonds. The molecule has 0 radical (unpaired) electrons. The van der Waals surface area contributed by atoms with E-state index >= 15 is 0 Å². The van der Waals surface area contributed by atoms with E-state index in [9.17, 15) is 13.6 Å². The molecule has 27 heavy (non-hydrogen) atoms. The van der Waals surface area contributed by atoms with E-state index in [1.54, 1.807) is 4.90 Å². The number of hydrogen-bond donors (Lipinski definition) is 0. The standard InChI is InChI=1S/C20H22F2N2O3/c1-26-18-13-16(7-8-17(18)27-20(21)22)19(25)24-11-9-23(10-12-24)14-15-5-3-2-4-6-15/h2-8,13,20H,9-12,14H2,1H3. The molecule has 1 saturated heterocycles.